The fourth-order valence-corrected chi connectivity index (χ4v) is 3.91. The molecule has 2 aromatic rings. The summed E-state index contributed by atoms with van der Waals surface area (Å²) >= 11 is 0. The van der Waals surface area contributed by atoms with E-state index >= 15 is 0 Å². The van der Waals surface area contributed by atoms with Crippen LogP contribution in [0.15, 0.2) is 24.3 Å². The molecular formula is C23H32ClN3O2. The van der Waals surface area contributed by atoms with Crippen molar-refractivity contribution in [1.29, 1.82) is 0 Å². The van der Waals surface area contributed by atoms with E-state index in [0.717, 1.165) is 32.1 Å². The zero-order chi connectivity index (χ0) is 19.9. The van der Waals surface area contributed by atoms with Crippen molar-refractivity contribution >= 4 is 11.6 Å². The average molecular weight is 418 g/mol. The third kappa shape index (κ3) is 5.13. The van der Waals surface area contributed by atoms with E-state index in [-0.39, 0.29) is 24.0 Å². The number of hydrogen-bond acceptors (Lipinski definition) is 3. The van der Waals surface area contributed by atoms with Gasteiger partial charge in [0.1, 0.15) is 13.1 Å². The molecule has 0 unspecified atom stereocenters. The molecule has 1 aliphatic carbocycles. The lowest BCUT2D eigenvalue weighted by Crippen LogP contribution is -3.00. The molecule has 0 bridgehead atoms. The number of halogens is 1. The molecule has 0 aliphatic heterocycles. The molecular weight excluding hydrogens is 386 g/mol. The van der Waals surface area contributed by atoms with Crippen LogP contribution in [0.4, 0.5) is 0 Å². The number of benzene rings is 1. The molecule has 0 fully saturated rings. The highest BCUT2D eigenvalue weighted by Gasteiger charge is 2.42. The smallest absolute Gasteiger partial charge is 0.249 e. The molecule has 3 rings (SSSR count). The van der Waals surface area contributed by atoms with E-state index in [1.807, 2.05) is 12.1 Å². The minimum absolute atomic E-state index is 0. The Balaban J connectivity index is 0.00000300. The molecule has 6 heteroatoms. The van der Waals surface area contributed by atoms with E-state index in [4.69, 9.17) is 0 Å². The second kappa shape index (κ2) is 11.2. The molecule has 158 valence electrons. The number of fused-ring (bicyclic) bond motifs is 2. The van der Waals surface area contributed by atoms with Gasteiger partial charge in [0.2, 0.25) is 23.0 Å². The summed E-state index contributed by atoms with van der Waals surface area (Å²) in [6.45, 7) is 5.74. The molecule has 0 spiro atoms. The van der Waals surface area contributed by atoms with E-state index in [2.05, 4.69) is 19.1 Å². The maximum Gasteiger partial charge on any atom is 0.249 e. The molecule has 5 nitrogen and oxygen atoms in total. The highest BCUT2D eigenvalue weighted by Crippen LogP contribution is 2.25. The van der Waals surface area contributed by atoms with Crippen LogP contribution in [0.2, 0.25) is 0 Å². The molecule has 29 heavy (non-hydrogen) atoms. The van der Waals surface area contributed by atoms with Crippen molar-refractivity contribution in [2.45, 2.75) is 84.7 Å². The fourth-order valence-electron chi connectivity index (χ4n) is 3.91. The number of aryl methyl sites for hydroxylation is 2. The summed E-state index contributed by atoms with van der Waals surface area (Å²) in [7, 11) is 0. The first-order valence-electron chi connectivity index (χ1n) is 10.9. The predicted molar refractivity (Wildman–Crippen MR) is 109 cm³/mol. The SMILES string of the molecule is CCCCCCCCn1n[n+](CCCCC)c2c1C(=O)c1ccccc1C2=O.[Cl-]. The minimum atomic E-state index is -0.0732. The van der Waals surface area contributed by atoms with Gasteiger partial charge in [-0.05, 0) is 25.7 Å². The summed E-state index contributed by atoms with van der Waals surface area (Å²) in [4.78, 5) is 26.3. The molecule has 0 saturated heterocycles. The van der Waals surface area contributed by atoms with Gasteiger partial charge in [0.25, 0.3) is 0 Å². The van der Waals surface area contributed by atoms with E-state index in [1.54, 1.807) is 21.5 Å². The standard InChI is InChI=1S/C23H32N3O2.ClH/c1-3-5-7-8-9-13-17-26-21-20(25(24-26)16-12-6-4-2)22(27)18-14-10-11-15-19(18)23(21)28;/h10-11,14-15H,3-9,12-13,16-17H2,1-2H3;1H/q+1;/p-1. The van der Waals surface area contributed by atoms with Crippen molar-refractivity contribution in [2.75, 3.05) is 0 Å². The quantitative estimate of drug-likeness (QED) is 0.351. The highest BCUT2D eigenvalue weighted by atomic mass is 35.5. The van der Waals surface area contributed by atoms with Gasteiger partial charge in [0.15, 0.2) is 0 Å². The number of ketones is 2. The van der Waals surface area contributed by atoms with Gasteiger partial charge < -0.3 is 12.4 Å². The minimum Gasteiger partial charge on any atom is -1.00 e. The second-order valence-electron chi connectivity index (χ2n) is 7.71. The monoisotopic (exact) mass is 417 g/mol. The van der Waals surface area contributed by atoms with Gasteiger partial charge in [0, 0.05) is 11.1 Å². The van der Waals surface area contributed by atoms with Crippen LogP contribution in [0, 0.1) is 0 Å². The number of aromatic nitrogens is 3. The molecule has 0 N–H and O–H groups in total. The van der Waals surface area contributed by atoms with Gasteiger partial charge in [-0.25, -0.2) is 0 Å². The summed E-state index contributed by atoms with van der Waals surface area (Å²) in [5.41, 5.74) is 1.97. The second-order valence-corrected chi connectivity index (χ2v) is 7.71. The Morgan fingerprint density at radius 1 is 0.828 bits per heavy atom. The van der Waals surface area contributed by atoms with Crippen molar-refractivity contribution < 1.29 is 26.7 Å². The number of hydrogen-bond donors (Lipinski definition) is 0. The molecule has 1 aromatic heterocycles. The number of carbonyl (C=O) groups excluding carboxylic acids is 2. The lowest BCUT2D eigenvalue weighted by Gasteiger charge is -2.11. The Labute approximate surface area is 179 Å². The van der Waals surface area contributed by atoms with E-state index in [0.29, 0.717) is 35.6 Å². The Morgan fingerprint density at radius 2 is 1.41 bits per heavy atom. The van der Waals surface area contributed by atoms with Crippen LogP contribution in [-0.2, 0) is 13.1 Å². The van der Waals surface area contributed by atoms with Gasteiger partial charge in [-0.15, -0.1) is 9.36 Å². The Hall–Kier alpha value is -2.01. The molecule has 0 amide bonds. The van der Waals surface area contributed by atoms with Gasteiger partial charge >= 0.3 is 0 Å². The van der Waals surface area contributed by atoms with Crippen molar-refractivity contribution in [1.82, 2.24) is 9.90 Å². The van der Waals surface area contributed by atoms with Crippen LogP contribution in [-0.4, -0.2) is 21.5 Å². The maximum absolute atomic E-state index is 13.2. The highest BCUT2D eigenvalue weighted by molar-refractivity contribution is 6.26. The van der Waals surface area contributed by atoms with Gasteiger partial charge in [0.05, 0.1) is 5.21 Å². The first-order valence-corrected chi connectivity index (χ1v) is 10.9. The molecule has 0 atom stereocenters. The summed E-state index contributed by atoms with van der Waals surface area (Å²) in [5.74, 6) is -0.145. The maximum atomic E-state index is 13.2. The number of unbranched alkanes of at least 4 members (excludes halogenated alkanes) is 7. The molecule has 0 saturated carbocycles. The topological polar surface area (TPSA) is 55.8 Å². The van der Waals surface area contributed by atoms with Crippen molar-refractivity contribution in [3.63, 3.8) is 0 Å². The third-order valence-corrected chi connectivity index (χ3v) is 5.50. The molecule has 0 radical (unpaired) electrons. The lowest BCUT2D eigenvalue weighted by atomic mass is 9.90. The van der Waals surface area contributed by atoms with Crippen LogP contribution < -0.4 is 17.1 Å². The van der Waals surface area contributed by atoms with Gasteiger partial charge in [-0.1, -0.05) is 70.2 Å². The van der Waals surface area contributed by atoms with Crippen LogP contribution in [0.25, 0.3) is 0 Å². The van der Waals surface area contributed by atoms with Crippen molar-refractivity contribution in [2.24, 2.45) is 0 Å². The number of rotatable bonds is 11. The van der Waals surface area contributed by atoms with Crippen molar-refractivity contribution in [3.8, 4) is 0 Å². The normalized spacial score (nSPS) is 12.5. The van der Waals surface area contributed by atoms with Crippen LogP contribution >= 0.6 is 0 Å². The number of nitrogens with zero attached hydrogens (tertiary/aromatic N) is 3. The van der Waals surface area contributed by atoms with Crippen LogP contribution in [0.1, 0.15) is 104 Å². The number of carbonyl (C=O) groups is 2. The summed E-state index contributed by atoms with van der Waals surface area (Å²) < 4.78 is 3.57. The van der Waals surface area contributed by atoms with E-state index in [1.165, 1.54) is 25.7 Å². The largest absolute Gasteiger partial charge is 1.00 e. The molecule has 1 heterocycles. The predicted octanol–water partition coefficient (Wildman–Crippen LogP) is 1.50. The van der Waals surface area contributed by atoms with Gasteiger partial charge in [-0.2, -0.15) is 0 Å². The summed E-state index contributed by atoms with van der Waals surface area (Å²) in [6.07, 6.45) is 10.3. The zero-order valence-corrected chi connectivity index (χ0v) is 18.4. The first-order chi connectivity index (χ1) is 13.7. The van der Waals surface area contributed by atoms with Gasteiger partial charge in [-0.3, -0.25) is 9.59 Å². The first kappa shape index (κ1) is 23.3. The fraction of sp³-hybridized carbons (Fsp3) is 0.565. The Morgan fingerprint density at radius 3 is 2.10 bits per heavy atom. The van der Waals surface area contributed by atoms with E-state index < -0.39 is 0 Å². The Bertz CT molecular complexity index is 845. The lowest BCUT2D eigenvalue weighted by molar-refractivity contribution is -0.757. The van der Waals surface area contributed by atoms with Crippen LogP contribution in [0.5, 0.6) is 0 Å². The Kier molecular flexibility index (Phi) is 9.02. The summed E-state index contributed by atoms with van der Waals surface area (Å²) in [6, 6.07) is 7.14. The average Bonchev–Trinajstić information content (AvgIpc) is 3.08. The van der Waals surface area contributed by atoms with E-state index in [9.17, 15) is 9.59 Å². The zero-order valence-electron chi connectivity index (χ0n) is 17.6. The van der Waals surface area contributed by atoms with Crippen molar-refractivity contribution in [3.05, 3.63) is 46.8 Å². The van der Waals surface area contributed by atoms with Crippen LogP contribution in [0.3, 0.4) is 0 Å². The molecule has 1 aromatic carbocycles. The third-order valence-electron chi connectivity index (χ3n) is 5.50. The molecule has 1 aliphatic rings. The summed E-state index contributed by atoms with van der Waals surface area (Å²) in [5, 5.41) is 4.67.